The van der Waals surface area contributed by atoms with E-state index < -0.39 is 0 Å². The van der Waals surface area contributed by atoms with Crippen molar-refractivity contribution in [2.45, 2.75) is 46.0 Å². The predicted octanol–water partition coefficient (Wildman–Crippen LogP) is 6.12. The lowest BCUT2D eigenvalue weighted by Gasteiger charge is -2.28. The minimum absolute atomic E-state index is 0.240. The number of benzene rings is 2. The van der Waals surface area contributed by atoms with E-state index in [0.717, 1.165) is 79.8 Å². The van der Waals surface area contributed by atoms with Crippen molar-refractivity contribution in [1.29, 1.82) is 0 Å². The van der Waals surface area contributed by atoms with Gasteiger partial charge in [0.2, 0.25) is 0 Å². The lowest BCUT2D eigenvalue weighted by Crippen LogP contribution is -2.27. The molecule has 0 atom stereocenters. The number of carbonyl (C=O) groups excluding carboxylic acids is 1. The first-order valence-electron chi connectivity index (χ1n) is 12.1. The summed E-state index contributed by atoms with van der Waals surface area (Å²) in [7, 11) is 1.45. The highest BCUT2D eigenvalue weighted by Crippen LogP contribution is 2.33. The Morgan fingerprint density at radius 3 is 2.48 bits per heavy atom. The second-order valence-corrected chi connectivity index (χ2v) is 8.36. The molecule has 3 rings (SSSR count). The molecule has 5 nitrogen and oxygen atoms in total. The maximum Gasteiger partial charge on any atom is 0.333 e. The van der Waals surface area contributed by atoms with E-state index in [1.54, 1.807) is 0 Å². The van der Waals surface area contributed by atoms with Crippen LogP contribution in [0.25, 0.3) is 17.2 Å². The number of fused-ring (bicyclic) bond motifs is 1. The van der Waals surface area contributed by atoms with Crippen LogP contribution in [0, 0.1) is 0 Å². The van der Waals surface area contributed by atoms with Gasteiger partial charge < -0.3 is 19.1 Å². The maximum atomic E-state index is 12.3. The summed E-state index contributed by atoms with van der Waals surface area (Å²) in [6.07, 6.45) is 6.98. The fourth-order valence-electron chi connectivity index (χ4n) is 4.08. The van der Waals surface area contributed by atoms with Crippen molar-refractivity contribution in [2.75, 3.05) is 44.9 Å². The standard InChI is InChI=1S/C28H37NO4/c1-4-6-17-32-18-19-33-26-12-9-22(10-13-26)23-11-14-27-25(20-23)21-24(28(30)31-3)8-7-16-29(27)15-5-2/h9-14,20-21H,4-8,15-19H2,1-3H3. The van der Waals surface area contributed by atoms with E-state index in [2.05, 4.69) is 49.1 Å². The zero-order valence-corrected chi connectivity index (χ0v) is 20.3. The minimum Gasteiger partial charge on any atom is -0.491 e. The predicted molar refractivity (Wildman–Crippen MR) is 135 cm³/mol. The van der Waals surface area contributed by atoms with Crippen molar-refractivity contribution in [3.8, 4) is 16.9 Å². The van der Waals surface area contributed by atoms with Gasteiger partial charge in [-0.15, -0.1) is 0 Å². The van der Waals surface area contributed by atoms with E-state index >= 15 is 0 Å². The molecular formula is C28H37NO4. The van der Waals surface area contributed by atoms with Gasteiger partial charge in [0, 0.05) is 31.0 Å². The Morgan fingerprint density at radius 2 is 1.76 bits per heavy atom. The molecule has 0 spiro atoms. The average Bonchev–Trinajstić information content (AvgIpc) is 2.83. The number of anilines is 1. The molecule has 2 aromatic rings. The molecule has 2 aromatic carbocycles. The highest BCUT2D eigenvalue weighted by atomic mass is 16.5. The van der Waals surface area contributed by atoms with Gasteiger partial charge in [-0.25, -0.2) is 4.79 Å². The fourth-order valence-corrected chi connectivity index (χ4v) is 4.08. The summed E-state index contributed by atoms with van der Waals surface area (Å²) in [4.78, 5) is 14.7. The Kier molecular flexibility index (Phi) is 9.82. The Morgan fingerprint density at radius 1 is 0.970 bits per heavy atom. The van der Waals surface area contributed by atoms with Gasteiger partial charge in [0.15, 0.2) is 0 Å². The summed E-state index contributed by atoms with van der Waals surface area (Å²) >= 11 is 0. The van der Waals surface area contributed by atoms with Gasteiger partial charge in [-0.3, -0.25) is 0 Å². The first kappa shape index (κ1) is 24.8. The summed E-state index contributed by atoms with van der Waals surface area (Å²) in [6, 6.07) is 14.7. The molecule has 0 radical (unpaired) electrons. The highest BCUT2D eigenvalue weighted by Gasteiger charge is 2.18. The van der Waals surface area contributed by atoms with Crippen LogP contribution in [0.2, 0.25) is 0 Å². The molecule has 178 valence electrons. The van der Waals surface area contributed by atoms with Crippen molar-refractivity contribution in [3.05, 3.63) is 53.6 Å². The van der Waals surface area contributed by atoms with Crippen LogP contribution in [0.4, 0.5) is 5.69 Å². The molecule has 1 aliphatic rings. The third-order valence-electron chi connectivity index (χ3n) is 5.84. The number of hydrogen-bond donors (Lipinski definition) is 0. The zero-order valence-electron chi connectivity index (χ0n) is 20.3. The molecule has 0 saturated carbocycles. The van der Waals surface area contributed by atoms with Crippen LogP contribution < -0.4 is 9.64 Å². The molecule has 33 heavy (non-hydrogen) atoms. The van der Waals surface area contributed by atoms with Crippen molar-refractivity contribution in [1.82, 2.24) is 0 Å². The monoisotopic (exact) mass is 451 g/mol. The molecule has 0 bridgehead atoms. The highest BCUT2D eigenvalue weighted by molar-refractivity contribution is 5.95. The SMILES string of the molecule is CCCCOCCOc1ccc(-c2ccc3c(c2)C=C(C(=O)OC)CCCN3CCC)cc1. The zero-order chi connectivity index (χ0) is 23.5. The van der Waals surface area contributed by atoms with E-state index in [1.165, 1.54) is 12.8 Å². The van der Waals surface area contributed by atoms with Gasteiger partial charge in [0.25, 0.3) is 0 Å². The van der Waals surface area contributed by atoms with E-state index in [4.69, 9.17) is 14.2 Å². The Hall–Kier alpha value is -2.79. The molecule has 0 amide bonds. The van der Waals surface area contributed by atoms with E-state index in [-0.39, 0.29) is 5.97 Å². The van der Waals surface area contributed by atoms with Crippen molar-refractivity contribution >= 4 is 17.7 Å². The number of carbonyl (C=O) groups is 1. The van der Waals surface area contributed by atoms with E-state index in [1.807, 2.05) is 18.2 Å². The van der Waals surface area contributed by atoms with Crippen LogP contribution in [0.3, 0.4) is 0 Å². The van der Waals surface area contributed by atoms with E-state index in [9.17, 15) is 4.79 Å². The van der Waals surface area contributed by atoms with Crippen molar-refractivity contribution in [2.24, 2.45) is 0 Å². The molecule has 0 aliphatic carbocycles. The van der Waals surface area contributed by atoms with Crippen molar-refractivity contribution < 1.29 is 19.0 Å². The van der Waals surface area contributed by atoms with Crippen LogP contribution in [0.1, 0.15) is 51.5 Å². The second-order valence-electron chi connectivity index (χ2n) is 8.36. The quantitative estimate of drug-likeness (QED) is 0.304. The number of hydrogen-bond acceptors (Lipinski definition) is 5. The summed E-state index contributed by atoms with van der Waals surface area (Å²) in [5.74, 6) is 0.599. The summed E-state index contributed by atoms with van der Waals surface area (Å²) < 4.78 is 16.4. The van der Waals surface area contributed by atoms with Gasteiger partial charge >= 0.3 is 5.97 Å². The average molecular weight is 452 g/mol. The lowest BCUT2D eigenvalue weighted by molar-refractivity contribution is -0.136. The molecule has 0 aromatic heterocycles. The normalized spacial score (nSPS) is 13.5. The third kappa shape index (κ3) is 7.10. The van der Waals surface area contributed by atoms with Crippen LogP contribution in [0.15, 0.2) is 48.0 Å². The Balaban J connectivity index is 1.78. The van der Waals surface area contributed by atoms with E-state index in [0.29, 0.717) is 13.2 Å². The van der Waals surface area contributed by atoms with Crippen LogP contribution >= 0.6 is 0 Å². The van der Waals surface area contributed by atoms with Crippen LogP contribution in [-0.4, -0.2) is 46.0 Å². The van der Waals surface area contributed by atoms with Gasteiger partial charge in [0.05, 0.1) is 13.7 Å². The number of nitrogens with zero attached hydrogens (tertiary/aromatic N) is 1. The van der Waals surface area contributed by atoms with Gasteiger partial charge in [0.1, 0.15) is 12.4 Å². The number of rotatable bonds is 11. The number of esters is 1. The van der Waals surface area contributed by atoms with Gasteiger partial charge in [-0.05, 0) is 72.7 Å². The third-order valence-corrected chi connectivity index (χ3v) is 5.84. The number of ether oxygens (including phenoxy) is 3. The smallest absolute Gasteiger partial charge is 0.333 e. The molecular weight excluding hydrogens is 414 g/mol. The molecule has 0 saturated heterocycles. The van der Waals surface area contributed by atoms with Crippen LogP contribution in [0.5, 0.6) is 5.75 Å². The summed E-state index contributed by atoms with van der Waals surface area (Å²) in [6.45, 7) is 8.24. The van der Waals surface area contributed by atoms with Crippen molar-refractivity contribution in [3.63, 3.8) is 0 Å². The summed E-state index contributed by atoms with van der Waals surface area (Å²) in [5, 5.41) is 0. The van der Waals surface area contributed by atoms with Gasteiger partial charge in [-0.1, -0.05) is 38.5 Å². The Labute approximate surface area is 198 Å². The largest absolute Gasteiger partial charge is 0.491 e. The Bertz CT molecular complexity index is 920. The number of unbranched alkanes of at least 4 members (excludes halogenated alkanes) is 1. The molecule has 0 N–H and O–H groups in total. The minimum atomic E-state index is -0.240. The van der Waals surface area contributed by atoms with Gasteiger partial charge in [-0.2, -0.15) is 0 Å². The maximum absolute atomic E-state index is 12.3. The molecule has 1 heterocycles. The number of methoxy groups -OCH3 is 1. The molecule has 0 fully saturated rings. The second kappa shape index (κ2) is 13.0. The topological polar surface area (TPSA) is 48.0 Å². The molecule has 5 heteroatoms. The lowest BCUT2D eigenvalue weighted by atomic mass is 9.97. The molecule has 0 unspecified atom stereocenters. The summed E-state index contributed by atoms with van der Waals surface area (Å²) in [5.41, 5.74) is 5.19. The molecule has 1 aliphatic heterocycles. The fraction of sp³-hybridized carbons (Fsp3) is 0.464. The first-order chi connectivity index (χ1) is 16.2. The first-order valence-corrected chi connectivity index (χ1v) is 12.1. The van der Waals surface area contributed by atoms with Crippen LogP contribution in [-0.2, 0) is 14.3 Å².